The lowest BCUT2D eigenvalue weighted by molar-refractivity contribution is -0.384. The number of hydrogen-bond acceptors (Lipinski definition) is 4. The minimum atomic E-state index is -0.342. The molecule has 1 aromatic rings. The molecule has 0 saturated carbocycles. The van der Waals surface area contributed by atoms with Crippen molar-refractivity contribution in [1.82, 2.24) is 10.2 Å². The number of nitrogens with zero attached hydrogens (tertiary/aromatic N) is 2. The Morgan fingerprint density at radius 1 is 1.43 bits per heavy atom. The van der Waals surface area contributed by atoms with Gasteiger partial charge in [-0.25, -0.2) is 0 Å². The van der Waals surface area contributed by atoms with Crippen LogP contribution < -0.4 is 5.32 Å². The molecule has 0 spiro atoms. The second-order valence-electron chi connectivity index (χ2n) is 6.05. The Labute approximate surface area is 126 Å². The van der Waals surface area contributed by atoms with E-state index < -0.39 is 0 Å². The molecule has 0 amide bonds. The van der Waals surface area contributed by atoms with Gasteiger partial charge in [-0.15, -0.1) is 0 Å². The Morgan fingerprint density at radius 2 is 2.14 bits per heavy atom. The van der Waals surface area contributed by atoms with Crippen LogP contribution in [-0.2, 0) is 0 Å². The second-order valence-corrected chi connectivity index (χ2v) is 6.05. The highest BCUT2D eigenvalue weighted by Crippen LogP contribution is 2.19. The molecule has 116 valence electrons. The third-order valence-corrected chi connectivity index (χ3v) is 4.34. The first kappa shape index (κ1) is 15.9. The SMILES string of the molecule is CC1CCN(CCNC(C)c2cccc([N+](=O)[O-])c2)CC1. The maximum atomic E-state index is 10.8. The Balaban J connectivity index is 1.78. The highest BCUT2D eigenvalue weighted by Gasteiger charge is 2.15. The van der Waals surface area contributed by atoms with Crippen molar-refractivity contribution in [3.05, 3.63) is 39.9 Å². The molecule has 21 heavy (non-hydrogen) atoms. The van der Waals surface area contributed by atoms with Gasteiger partial charge in [0.15, 0.2) is 0 Å². The molecule has 5 heteroatoms. The van der Waals surface area contributed by atoms with Gasteiger partial charge in [0.25, 0.3) is 5.69 Å². The van der Waals surface area contributed by atoms with Gasteiger partial charge in [-0.1, -0.05) is 19.1 Å². The Kier molecular flexibility index (Phi) is 5.70. The van der Waals surface area contributed by atoms with E-state index >= 15 is 0 Å². The van der Waals surface area contributed by atoms with Crippen LogP contribution in [0.25, 0.3) is 0 Å². The first-order valence-electron chi connectivity index (χ1n) is 7.76. The van der Waals surface area contributed by atoms with Gasteiger partial charge < -0.3 is 10.2 Å². The fourth-order valence-corrected chi connectivity index (χ4v) is 2.75. The monoisotopic (exact) mass is 291 g/mol. The molecule has 0 radical (unpaired) electrons. The molecule has 2 rings (SSSR count). The van der Waals surface area contributed by atoms with Crippen molar-refractivity contribution in [2.75, 3.05) is 26.2 Å². The van der Waals surface area contributed by atoms with Crippen LogP contribution in [-0.4, -0.2) is 36.0 Å². The maximum absolute atomic E-state index is 10.8. The van der Waals surface area contributed by atoms with Gasteiger partial charge in [0, 0.05) is 31.3 Å². The van der Waals surface area contributed by atoms with E-state index in [1.807, 2.05) is 6.07 Å². The molecule has 1 aliphatic rings. The summed E-state index contributed by atoms with van der Waals surface area (Å²) in [6, 6.07) is 7.00. The van der Waals surface area contributed by atoms with Crippen molar-refractivity contribution in [2.24, 2.45) is 5.92 Å². The number of rotatable bonds is 6. The number of nitrogens with one attached hydrogen (secondary N) is 1. The van der Waals surface area contributed by atoms with Gasteiger partial charge >= 0.3 is 0 Å². The van der Waals surface area contributed by atoms with Gasteiger partial charge in [0.2, 0.25) is 0 Å². The molecule has 1 atom stereocenters. The molecule has 0 aromatic heterocycles. The predicted molar refractivity (Wildman–Crippen MR) is 84.4 cm³/mol. The van der Waals surface area contributed by atoms with Crippen LogP contribution >= 0.6 is 0 Å². The van der Waals surface area contributed by atoms with E-state index in [1.165, 1.54) is 32.0 Å². The fourth-order valence-electron chi connectivity index (χ4n) is 2.75. The zero-order valence-corrected chi connectivity index (χ0v) is 12.9. The molecule has 1 unspecified atom stereocenters. The standard InChI is InChI=1S/C16H25N3O2/c1-13-6-9-18(10-7-13)11-8-17-14(2)15-4-3-5-16(12-15)19(20)21/h3-5,12-14,17H,6-11H2,1-2H3. The molecule has 1 aliphatic heterocycles. The number of piperidine rings is 1. The lowest BCUT2D eigenvalue weighted by atomic mass is 9.99. The molecule has 1 N–H and O–H groups in total. The first-order valence-corrected chi connectivity index (χ1v) is 7.76. The minimum Gasteiger partial charge on any atom is -0.309 e. The largest absolute Gasteiger partial charge is 0.309 e. The number of hydrogen-bond donors (Lipinski definition) is 1. The average Bonchev–Trinajstić information content (AvgIpc) is 2.49. The molecular formula is C16H25N3O2. The van der Waals surface area contributed by atoms with E-state index in [0.29, 0.717) is 0 Å². The molecule has 1 fully saturated rings. The zero-order chi connectivity index (χ0) is 15.2. The van der Waals surface area contributed by atoms with Gasteiger partial charge in [-0.2, -0.15) is 0 Å². The first-order chi connectivity index (χ1) is 10.1. The number of nitro groups is 1. The van der Waals surface area contributed by atoms with E-state index in [4.69, 9.17) is 0 Å². The normalized spacial score (nSPS) is 18.6. The Hall–Kier alpha value is -1.46. The molecule has 1 aromatic carbocycles. The summed E-state index contributed by atoms with van der Waals surface area (Å²) < 4.78 is 0. The topological polar surface area (TPSA) is 58.4 Å². The Morgan fingerprint density at radius 3 is 2.81 bits per heavy atom. The average molecular weight is 291 g/mol. The summed E-state index contributed by atoms with van der Waals surface area (Å²) in [5.41, 5.74) is 1.13. The van der Waals surface area contributed by atoms with E-state index in [2.05, 4.69) is 24.1 Å². The van der Waals surface area contributed by atoms with E-state index in [1.54, 1.807) is 12.1 Å². The van der Waals surface area contributed by atoms with Crippen LogP contribution in [0.4, 0.5) is 5.69 Å². The number of nitro benzene ring substituents is 1. The molecule has 5 nitrogen and oxygen atoms in total. The van der Waals surface area contributed by atoms with Crippen LogP contribution in [0.1, 0.15) is 38.3 Å². The number of likely N-dealkylation sites (tertiary alicyclic amines) is 1. The zero-order valence-electron chi connectivity index (χ0n) is 12.9. The van der Waals surface area contributed by atoms with Crippen molar-refractivity contribution in [3.63, 3.8) is 0 Å². The summed E-state index contributed by atoms with van der Waals surface area (Å²) in [5, 5.41) is 14.3. The van der Waals surface area contributed by atoms with E-state index in [-0.39, 0.29) is 16.7 Å². The van der Waals surface area contributed by atoms with E-state index in [0.717, 1.165) is 24.6 Å². The van der Waals surface area contributed by atoms with Crippen molar-refractivity contribution < 1.29 is 4.92 Å². The summed E-state index contributed by atoms with van der Waals surface area (Å²) in [7, 11) is 0. The van der Waals surface area contributed by atoms with Crippen LogP contribution in [0.5, 0.6) is 0 Å². The van der Waals surface area contributed by atoms with Crippen LogP contribution in [0.2, 0.25) is 0 Å². The Bertz CT molecular complexity index is 470. The fraction of sp³-hybridized carbons (Fsp3) is 0.625. The van der Waals surface area contributed by atoms with Crippen molar-refractivity contribution in [2.45, 2.75) is 32.7 Å². The summed E-state index contributed by atoms with van der Waals surface area (Å²) in [6.07, 6.45) is 2.58. The number of non-ortho nitro benzene ring substituents is 1. The van der Waals surface area contributed by atoms with Gasteiger partial charge in [-0.05, 0) is 44.3 Å². The smallest absolute Gasteiger partial charge is 0.269 e. The van der Waals surface area contributed by atoms with Crippen LogP contribution in [0.15, 0.2) is 24.3 Å². The third-order valence-electron chi connectivity index (χ3n) is 4.34. The molecule has 1 saturated heterocycles. The van der Waals surface area contributed by atoms with Crippen molar-refractivity contribution in [1.29, 1.82) is 0 Å². The van der Waals surface area contributed by atoms with Crippen LogP contribution in [0.3, 0.4) is 0 Å². The minimum absolute atomic E-state index is 0.133. The third kappa shape index (κ3) is 4.79. The second kappa shape index (κ2) is 7.52. The summed E-state index contributed by atoms with van der Waals surface area (Å²) in [4.78, 5) is 13.0. The number of benzene rings is 1. The molecule has 0 bridgehead atoms. The van der Waals surface area contributed by atoms with Crippen molar-refractivity contribution >= 4 is 5.69 Å². The molecular weight excluding hydrogens is 266 g/mol. The van der Waals surface area contributed by atoms with E-state index in [9.17, 15) is 10.1 Å². The van der Waals surface area contributed by atoms with Gasteiger partial charge in [0.05, 0.1) is 4.92 Å². The highest BCUT2D eigenvalue weighted by atomic mass is 16.6. The quantitative estimate of drug-likeness (QED) is 0.646. The van der Waals surface area contributed by atoms with Crippen molar-refractivity contribution in [3.8, 4) is 0 Å². The van der Waals surface area contributed by atoms with Gasteiger partial charge in [0.1, 0.15) is 0 Å². The predicted octanol–water partition coefficient (Wildman–Crippen LogP) is 2.98. The molecule has 0 aliphatic carbocycles. The van der Waals surface area contributed by atoms with Gasteiger partial charge in [-0.3, -0.25) is 10.1 Å². The maximum Gasteiger partial charge on any atom is 0.269 e. The van der Waals surface area contributed by atoms with Crippen LogP contribution in [0, 0.1) is 16.0 Å². The lowest BCUT2D eigenvalue weighted by Crippen LogP contribution is -2.38. The lowest BCUT2D eigenvalue weighted by Gasteiger charge is -2.30. The summed E-state index contributed by atoms with van der Waals surface area (Å²) in [6.45, 7) is 8.71. The molecule has 1 heterocycles. The summed E-state index contributed by atoms with van der Waals surface area (Å²) >= 11 is 0. The summed E-state index contributed by atoms with van der Waals surface area (Å²) in [5.74, 6) is 0.859. The highest BCUT2D eigenvalue weighted by molar-refractivity contribution is 5.35.